The summed E-state index contributed by atoms with van der Waals surface area (Å²) in [4.78, 5) is 15.6. The van der Waals surface area contributed by atoms with E-state index in [2.05, 4.69) is 15.5 Å². The first-order chi connectivity index (χ1) is 9.16. The topological polar surface area (TPSA) is 54.4 Å². The van der Waals surface area contributed by atoms with Crippen molar-refractivity contribution in [2.45, 2.75) is 0 Å². The van der Waals surface area contributed by atoms with Crippen LogP contribution in [0.5, 0.6) is 0 Å². The maximum Gasteiger partial charge on any atom is 0.274 e. The van der Waals surface area contributed by atoms with Crippen LogP contribution in [0.15, 0.2) is 47.7 Å². The molecule has 2 aromatic rings. The number of aromatic nitrogens is 1. The van der Waals surface area contributed by atoms with Crippen LogP contribution in [-0.4, -0.2) is 17.1 Å². The summed E-state index contributed by atoms with van der Waals surface area (Å²) in [5, 5.41) is 4.57. The van der Waals surface area contributed by atoms with Crippen molar-refractivity contribution in [3.63, 3.8) is 0 Å². The fraction of sp³-hybridized carbons (Fsp3) is 0. The van der Waals surface area contributed by atoms with Gasteiger partial charge in [0.1, 0.15) is 5.15 Å². The van der Waals surface area contributed by atoms with E-state index in [0.717, 1.165) is 5.56 Å². The molecule has 1 aromatic heterocycles. The van der Waals surface area contributed by atoms with Crippen LogP contribution in [0.1, 0.15) is 15.9 Å². The lowest BCUT2D eigenvalue weighted by Gasteiger charge is -2.00. The minimum atomic E-state index is -0.420. The summed E-state index contributed by atoms with van der Waals surface area (Å²) in [6.45, 7) is 0. The first-order valence-corrected chi connectivity index (χ1v) is 6.12. The first kappa shape index (κ1) is 13.5. The number of rotatable bonds is 3. The van der Waals surface area contributed by atoms with Gasteiger partial charge in [0.05, 0.1) is 11.8 Å². The predicted molar refractivity (Wildman–Crippen MR) is 75.8 cm³/mol. The maximum atomic E-state index is 11.7. The zero-order chi connectivity index (χ0) is 13.7. The van der Waals surface area contributed by atoms with Gasteiger partial charge in [-0.2, -0.15) is 5.10 Å². The quantitative estimate of drug-likeness (QED) is 0.537. The first-order valence-electron chi connectivity index (χ1n) is 5.36. The number of halogens is 2. The minimum absolute atomic E-state index is 0.137. The summed E-state index contributed by atoms with van der Waals surface area (Å²) >= 11 is 11.6. The highest BCUT2D eigenvalue weighted by molar-refractivity contribution is 6.32. The number of hydrogen-bond donors (Lipinski definition) is 1. The number of nitrogens with one attached hydrogen (secondary N) is 1. The summed E-state index contributed by atoms with van der Waals surface area (Å²) in [5.41, 5.74) is 3.42. The van der Waals surface area contributed by atoms with Gasteiger partial charge in [-0.1, -0.05) is 35.3 Å². The SMILES string of the molecule is O=C(NN=Cc1cccc(Cl)c1)c1cccnc1Cl. The summed E-state index contributed by atoms with van der Waals surface area (Å²) < 4.78 is 0. The van der Waals surface area contributed by atoms with E-state index < -0.39 is 5.91 Å². The molecule has 0 unspecified atom stereocenters. The monoisotopic (exact) mass is 293 g/mol. The number of carbonyl (C=O) groups excluding carboxylic acids is 1. The van der Waals surface area contributed by atoms with Crippen LogP contribution in [0.3, 0.4) is 0 Å². The van der Waals surface area contributed by atoms with Crippen LogP contribution in [0.25, 0.3) is 0 Å². The molecular formula is C13H9Cl2N3O. The summed E-state index contributed by atoms with van der Waals surface area (Å²) in [5.74, 6) is -0.420. The van der Waals surface area contributed by atoms with Crippen molar-refractivity contribution in [2.75, 3.05) is 0 Å². The fourth-order valence-electron chi connectivity index (χ4n) is 1.37. The van der Waals surface area contributed by atoms with Gasteiger partial charge in [0.25, 0.3) is 5.91 Å². The van der Waals surface area contributed by atoms with E-state index in [-0.39, 0.29) is 10.7 Å². The number of hydrogen-bond acceptors (Lipinski definition) is 3. The van der Waals surface area contributed by atoms with Crippen molar-refractivity contribution < 1.29 is 4.79 Å². The molecule has 1 heterocycles. The average Bonchev–Trinajstić information content (AvgIpc) is 2.39. The molecule has 0 atom stereocenters. The number of hydrazone groups is 1. The van der Waals surface area contributed by atoms with Crippen molar-refractivity contribution in [2.24, 2.45) is 5.10 Å². The van der Waals surface area contributed by atoms with Crippen molar-refractivity contribution >= 4 is 35.3 Å². The summed E-state index contributed by atoms with van der Waals surface area (Å²) in [6, 6.07) is 10.3. The molecule has 0 saturated carbocycles. The molecule has 1 N–H and O–H groups in total. The number of carbonyl (C=O) groups is 1. The van der Waals surface area contributed by atoms with E-state index in [9.17, 15) is 4.79 Å². The van der Waals surface area contributed by atoms with Crippen molar-refractivity contribution in [1.82, 2.24) is 10.4 Å². The Balaban J connectivity index is 2.03. The van der Waals surface area contributed by atoms with E-state index >= 15 is 0 Å². The molecule has 6 heteroatoms. The van der Waals surface area contributed by atoms with Crippen LogP contribution < -0.4 is 5.43 Å². The summed E-state index contributed by atoms with van der Waals surface area (Å²) in [7, 11) is 0. The normalized spacial score (nSPS) is 10.6. The molecule has 96 valence electrons. The second-order valence-corrected chi connectivity index (χ2v) is 4.39. The molecule has 0 saturated heterocycles. The van der Waals surface area contributed by atoms with Crippen molar-refractivity contribution in [1.29, 1.82) is 0 Å². The summed E-state index contributed by atoms with van der Waals surface area (Å²) in [6.07, 6.45) is 3.00. The Morgan fingerprint density at radius 1 is 1.26 bits per heavy atom. The Hall–Kier alpha value is -1.91. The molecule has 0 fully saturated rings. The third-order valence-corrected chi connectivity index (χ3v) is 2.77. The lowest BCUT2D eigenvalue weighted by Crippen LogP contribution is -2.18. The molecule has 4 nitrogen and oxygen atoms in total. The molecule has 0 spiro atoms. The van der Waals surface area contributed by atoms with E-state index in [1.807, 2.05) is 6.07 Å². The molecule has 0 aliphatic heterocycles. The molecule has 1 amide bonds. The lowest BCUT2D eigenvalue weighted by atomic mass is 10.2. The molecule has 0 aliphatic carbocycles. The molecule has 0 bridgehead atoms. The standard InChI is InChI=1S/C13H9Cl2N3O/c14-10-4-1-3-9(7-10)8-17-18-13(19)11-5-2-6-16-12(11)15/h1-8H,(H,18,19). The van der Waals surface area contributed by atoms with E-state index in [4.69, 9.17) is 23.2 Å². The molecule has 0 radical (unpaired) electrons. The van der Waals surface area contributed by atoms with Crippen LogP contribution in [-0.2, 0) is 0 Å². The number of nitrogens with zero attached hydrogens (tertiary/aromatic N) is 2. The van der Waals surface area contributed by atoms with Gasteiger partial charge in [0.15, 0.2) is 0 Å². The third-order valence-electron chi connectivity index (χ3n) is 2.23. The van der Waals surface area contributed by atoms with Gasteiger partial charge >= 0.3 is 0 Å². The van der Waals surface area contributed by atoms with E-state index in [1.165, 1.54) is 12.4 Å². The van der Waals surface area contributed by atoms with Gasteiger partial charge in [-0.25, -0.2) is 10.4 Å². The highest BCUT2D eigenvalue weighted by Crippen LogP contribution is 2.11. The molecule has 2 rings (SSSR count). The fourth-order valence-corrected chi connectivity index (χ4v) is 1.77. The maximum absolute atomic E-state index is 11.7. The molecule has 19 heavy (non-hydrogen) atoms. The van der Waals surface area contributed by atoms with Gasteiger partial charge in [-0.05, 0) is 29.8 Å². The Morgan fingerprint density at radius 3 is 2.84 bits per heavy atom. The van der Waals surface area contributed by atoms with Crippen LogP contribution in [0, 0.1) is 0 Å². The lowest BCUT2D eigenvalue weighted by molar-refractivity contribution is 0.0955. The van der Waals surface area contributed by atoms with E-state index in [0.29, 0.717) is 5.02 Å². The van der Waals surface area contributed by atoms with Gasteiger partial charge in [0.2, 0.25) is 0 Å². The Labute approximate surface area is 120 Å². The number of benzene rings is 1. The van der Waals surface area contributed by atoms with Gasteiger partial charge < -0.3 is 0 Å². The molecule has 0 aliphatic rings. The predicted octanol–water partition coefficient (Wildman–Crippen LogP) is 3.15. The second kappa shape index (κ2) is 6.31. The Bertz CT molecular complexity index is 629. The third kappa shape index (κ3) is 3.77. The van der Waals surface area contributed by atoms with E-state index in [1.54, 1.807) is 30.3 Å². The highest BCUT2D eigenvalue weighted by atomic mass is 35.5. The number of pyridine rings is 1. The van der Waals surface area contributed by atoms with Crippen molar-refractivity contribution in [3.8, 4) is 0 Å². The largest absolute Gasteiger partial charge is 0.274 e. The zero-order valence-electron chi connectivity index (χ0n) is 9.68. The van der Waals surface area contributed by atoms with Crippen LogP contribution in [0.2, 0.25) is 10.2 Å². The smallest absolute Gasteiger partial charge is 0.267 e. The molecular weight excluding hydrogens is 285 g/mol. The highest BCUT2D eigenvalue weighted by Gasteiger charge is 2.08. The zero-order valence-corrected chi connectivity index (χ0v) is 11.2. The second-order valence-electron chi connectivity index (χ2n) is 3.60. The van der Waals surface area contributed by atoms with Gasteiger partial charge in [-0.3, -0.25) is 4.79 Å². The Morgan fingerprint density at radius 2 is 2.11 bits per heavy atom. The van der Waals surface area contributed by atoms with Crippen LogP contribution in [0.4, 0.5) is 0 Å². The molecule has 1 aromatic carbocycles. The van der Waals surface area contributed by atoms with Gasteiger partial charge in [-0.15, -0.1) is 0 Å². The minimum Gasteiger partial charge on any atom is -0.267 e. The van der Waals surface area contributed by atoms with Crippen LogP contribution >= 0.6 is 23.2 Å². The van der Waals surface area contributed by atoms with Crippen molar-refractivity contribution in [3.05, 3.63) is 63.9 Å². The number of amides is 1. The Kier molecular flexibility index (Phi) is 4.49. The van der Waals surface area contributed by atoms with Gasteiger partial charge in [0, 0.05) is 11.2 Å². The average molecular weight is 294 g/mol.